The minimum absolute atomic E-state index is 0.579. The van der Waals surface area contributed by atoms with Crippen LogP contribution in [0.4, 0.5) is 0 Å². The van der Waals surface area contributed by atoms with Crippen molar-refractivity contribution in [1.82, 2.24) is 9.13 Å². The van der Waals surface area contributed by atoms with Crippen LogP contribution in [0.5, 0.6) is 0 Å². The van der Waals surface area contributed by atoms with Gasteiger partial charge >= 0.3 is 0 Å². The van der Waals surface area contributed by atoms with Crippen LogP contribution in [0.2, 0.25) is 0 Å². The molecule has 0 unspecified atom stereocenters. The molecule has 3 aromatic heterocycles. The van der Waals surface area contributed by atoms with Gasteiger partial charge in [0.15, 0.2) is 0 Å². The summed E-state index contributed by atoms with van der Waals surface area (Å²) in [6, 6.07) is 80.6. The fourth-order valence-electron chi connectivity index (χ4n) is 9.87. The molecule has 0 bridgehead atoms. The fraction of sp³-hybridized carbons (Fsp3) is 0.0182. The summed E-state index contributed by atoms with van der Waals surface area (Å²) >= 11 is 1.86. The standard InChI is InChI=1S/C55H36N2S/c1-4-17-37(18-5-1)55(38-19-6-2-7-20-38,39-21-8-3-9-22-39)47-26-16-29-51-54(47)44-25-11-14-28-49(44)57(51)40-31-33-50-45(35-40)42-23-10-13-27-48(42)56(50)41-32-34-53-46(36-41)43-24-12-15-30-52(43)58-53/h1-36H. The molecule has 0 atom stereocenters. The minimum Gasteiger partial charge on any atom is -0.309 e. The third-order valence-electron chi connectivity index (χ3n) is 12.3. The van der Waals surface area contributed by atoms with Gasteiger partial charge in [0.25, 0.3) is 0 Å². The summed E-state index contributed by atoms with van der Waals surface area (Å²) in [5.41, 5.74) is 11.5. The normalized spacial score (nSPS) is 12.1. The van der Waals surface area contributed by atoms with Gasteiger partial charge in [0.1, 0.15) is 0 Å². The van der Waals surface area contributed by atoms with E-state index in [-0.39, 0.29) is 0 Å². The summed E-state index contributed by atoms with van der Waals surface area (Å²) in [6.07, 6.45) is 0. The van der Waals surface area contributed by atoms with Crippen molar-refractivity contribution in [3.63, 3.8) is 0 Å². The van der Waals surface area contributed by atoms with Crippen LogP contribution in [0.3, 0.4) is 0 Å². The van der Waals surface area contributed by atoms with Crippen molar-refractivity contribution >= 4 is 75.1 Å². The van der Waals surface area contributed by atoms with Crippen LogP contribution in [0.1, 0.15) is 22.3 Å². The lowest BCUT2D eigenvalue weighted by Crippen LogP contribution is -2.31. The van der Waals surface area contributed by atoms with Gasteiger partial charge in [-0.1, -0.05) is 158 Å². The van der Waals surface area contributed by atoms with Crippen molar-refractivity contribution in [1.29, 1.82) is 0 Å². The van der Waals surface area contributed by atoms with Crippen molar-refractivity contribution in [2.45, 2.75) is 5.41 Å². The molecule has 9 aromatic carbocycles. The number of rotatable bonds is 6. The summed E-state index contributed by atoms with van der Waals surface area (Å²) in [6.45, 7) is 0. The predicted octanol–water partition coefficient (Wildman–Crippen LogP) is 14.6. The lowest BCUT2D eigenvalue weighted by atomic mass is 9.64. The SMILES string of the molecule is c1ccc(C(c2ccccc2)(c2ccccc2)c2cccc3c2c2ccccc2n3-c2ccc3c(c2)c2ccccc2n3-c2ccc3sc4ccccc4c3c2)cc1. The van der Waals surface area contributed by atoms with E-state index in [1.54, 1.807) is 0 Å². The molecule has 0 aliphatic heterocycles. The molecule has 0 aliphatic carbocycles. The molecule has 0 saturated heterocycles. The van der Waals surface area contributed by atoms with Gasteiger partial charge in [0.2, 0.25) is 0 Å². The lowest BCUT2D eigenvalue weighted by molar-refractivity contribution is 0.753. The van der Waals surface area contributed by atoms with Crippen molar-refractivity contribution in [3.8, 4) is 11.4 Å². The third-order valence-corrected chi connectivity index (χ3v) is 13.4. The molecule has 2 nitrogen and oxygen atoms in total. The first kappa shape index (κ1) is 33.0. The van der Waals surface area contributed by atoms with Crippen LogP contribution >= 0.6 is 11.3 Å². The van der Waals surface area contributed by atoms with Crippen LogP contribution < -0.4 is 0 Å². The lowest BCUT2D eigenvalue weighted by Gasteiger charge is -2.37. The molecular weight excluding hydrogens is 721 g/mol. The second-order valence-electron chi connectivity index (χ2n) is 15.2. The van der Waals surface area contributed by atoms with Gasteiger partial charge in [-0.15, -0.1) is 11.3 Å². The molecular formula is C55H36N2S. The largest absolute Gasteiger partial charge is 0.309 e. The molecule has 0 radical (unpaired) electrons. The molecule has 0 fully saturated rings. The van der Waals surface area contributed by atoms with E-state index in [1.807, 2.05) is 11.3 Å². The topological polar surface area (TPSA) is 9.86 Å². The number of fused-ring (bicyclic) bond motifs is 9. The Bertz CT molecular complexity index is 3400. The van der Waals surface area contributed by atoms with Crippen molar-refractivity contribution in [2.75, 3.05) is 0 Å². The van der Waals surface area contributed by atoms with E-state index in [1.165, 1.54) is 91.7 Å². The second-order valence-corrected chi connectivity index (χ2v) is 16.3. The molecule has 272 valence electrons. The zero-order valence-electron chi connectivity index (χ0n) is 31.6. The van der Waals surface area contributed by atoms with Crippen LogP contribution in [-0.4, -0.2) is 9.13 Å². The maximum atomic E-state index is 2.48. The van der Waals surface area contributed by atoms with Crippen molar-refractivity contribution < 1.29 is 0 Å². The van der Waals surface area contributed by atoms with Gasteiger partial charge in [-0.3, -0.25) is 0 Å². The smallest absolute Gasteiger partial charge is 0.0708 e. The number of aromatic nitrogens is 2. The molecule has 12 aromatic rings. The van der Waals surface area contributed by atoms with Gasteiger partial charge in [-0.05, 0) is 82.9 Å². The molecule has 0 amide bonds. The van der Waals surface area contributed by atoms with E-state index < -0.39 is 5.41 Å². The Labute approximate surface area is 340 Å². The van der Waals surface area contributed by atoms with E-state index in [2.05, 4.69) is 228 Å². The second kappa shape index (κ2) is 12.9. The highest BCUT2D eigenvalue weighted by atomic mass is 32.1. The molecule has 0 spiro atoms. The summed E-state index contributed by atoms with van der Waals surface area (Å²) in [5.74, 6) is 0. The molecule has 58 heavy (non-hydrogen) atoms. The summed E-state index contributed by atoms with van der Waals surface area (Å²) < 4.78 is 7.56. The van der Waals surface area contributed by atoms with Crippen LogP contribution in [0, 0.1) is 0 Å². The summed E-state index contributed by atoms with van der Waals surface area (Å²) in [5, 5.41) is 7.59. The van der Waals surface area contributed by atoms with Crippen molar-refractivity contribution in [3.05, 3.63) is 241 Å². The van der Waals surface area contributed by atoms with Gasteiger partial charge in [-0.2, -0.15) is 0 Å². The van der Waals surface area contributed by atoms with Gasteiger partial charge < -0.3 is 9.13 Å². The Morgan fingerprint density at radius 2 is 0.776 bits per heavy atom. The highest BCUT2D eigenvalue weighted by Crippen LogP contribution is 2.50. The maximum Gasteiger partial charge on any atom is 0.0708 e. The Kier molecular flexibility index (Phi) is 7.35. The van der Waals surface area contributed by atoms with Crippen LogP contribution in [0.25, 0.3) is 75.2 Å². The molecule has 3 heteroatoms. The Morgan fingerprint density at radius 1 is 0.310 bits per heavy atom. The average Bonchev–Trinajstić information content (AvgIpc) is 3.95. The molecule has 0 aliphatic rings. The Balaban J connectivity index is 1.14. The minimum atomic E-state index is -0.579. The van der Waals surface area contributed by atoms with E-state index in [0.717, 1.165) is 5.69 Å². The van der Waals surface area contributed by atoms with E-state index in [0.29, 0.717) is 0 Å². The van der Waals surface area contributed by atoms with E-state index in [9.17, 15) is 0 Å². The highest BCUT2D eigenvalue weighted by molar-refractivity contribution is 7.25. The third kappa shape index (κ3) is 4.71. The maximum absolute atomic E-state index is 2.48. The number of thiophene rings is 1. The molecule has 0 saturated carbocycles. The summed E-state index contributed by atoms with van der Waals surface area (Å²) in [7, 11) is 0. The van der Waals surface area contributed by atoms with Gasteiger partial charge in [0.05, 0.1) is 27.5 Å². The van der Waals surface area contributed by atoms with Gasteiger partial charge in [-0.25, -0.2) is 0 Å². The zero-order valence-corrected chi connectivity index (χ0v) is 32.4. The number of para-hydroxylation sites is 2. The number of nitrogens with zero attached hydrogens (tertiary/aromatic N) is 2. The first-order valence-corrected chi connectivity index (χ1v) is 20.8. The van der Waals surface area contributed by atoms with Gasteiger partial charge in [0, 0.05) is 53.1 Å². The molecule has 3 heterocycles. The number of hydrogen-bond donors (Lipinski definition) is 0. The molecule has 12 rings (SSSR count). The van der Waals surface area contributed by atoms with Crippen LogP contribution in [-0.2, 0) is 5.41 Å². The molecule has 0 N–H and O–H groups in total. The van der Waals surface area contributed by atoms with E-state index in [4.69, 9.17) is 0 Å². The number of hydrogen-bond acceptors (Lipinski definition) is 1. The first-order chi connectivity index (χ1) is 28.8. The Morgan fingerprint density at radius 3 is 1.45 bits per heavy atom. The average molecular weight is 757 g/mol. The zero-order chi connectivity index (χ0) is 38.2. The quantitative estimate of drug-likeness (QED) is 0.150. The monoisotopic (exact) mass is 756 g/mol. The number of benzene rings is 9. The van der Waals surface area contributed by atoms with Crippen molar-refractivity contribution in [2.24, 2.45) is 0 Å². The fourth-order valence-corrected chi connectivity index (χ4v) is 11.0. The van der Waals surface area contributed by atoms with Crippen LogP contribution in [0.15, 0.2) is 218 Å². The summed E-state index contributed by atoms with van der Waals surface area (Å²) in [4.78, 5) is 0. The Hall–Kier alpha value is -7.20. The highest BCUT2D eigenvalue weighted by Gasteiger charge is 2.40. The predicted molar refractivity (Wildman–Crippen MR) is 246 cm³/mol. The first-order valence-electron chi connectivity index (χ1n) is 19.9. The van der Waals surface area contributed by atoms with E-state index >= 15 is 0 Å².